The molecule has 5 aliphatic rings. The van der Waals surface area contributed by atoms with E-state index in [1.165, 1.54) is 282 Å². The number of thiazole rings is 2. The molecule has 0 fully saturated rings. The van der Waals surface area contributed by atoms with Gasteiger partial charge in [-0.3, -0.25) is 9.59 Å². The SMILES string of the molecule is CCCCCCCCCCCCC(CCCCCCCCCC)CN1C(=O)C2=C(c3ncc(-c4ccc(-c5ccc(-c6cccs6)s5)s4)s3)N(CC(CCCCCCCCCC)CCCCCCCCCCCC)C(=O)C2=C1c1ncc(C2=CCC(C3CC=C(C4=CCCS4)S3)S2)s1. The number of carbonyl (C=O) groups excluding carboxylic acids is 2. The predicted molar refractivity (Wildman–Crippen MR) is 439 cm³/mol. The lowest BCUT2D eigenvalue weighted by molar-refractivity contribution is -0.124. The van der Waals surface area contributed by atoms with Crippen molar-refractivity contribution in [2.45, 2.75) is 314 Å². The van der Waals surface area contributed by atoms with Gasteiger partial charge in [0.15, 0.2) is 0 Å². The van der Waals surface area contributed by atoms with Crippen LogP contribution in [-0.4, -0.2) is 60.9 Å². The minimum atomic E-state index is -0.0167. The van der Waals surface area contributed by atoms with Gasteiger partial charge in [-0.25, -0.2) is 9.97 Å². The van der Waals surface area contributed by atoms with E-state index in [9.17, 15) is 0 Å². The topological polar surface area (TPSA) is 66.4 Å². The maximum atomic E-state index is 16.5. The van der Waals surface area contributed by atoms with Crippen molar-refractivity contribution in [3.63, 3.8) is 0 Å². The summed E-state index contributed by atoms with van der Waals surface area (Å²) < 4.78 is 0. The number of rotatable bonds is 52. The number of aromatic nitrogens is 2. The molecule has 14 heteroatoms. The van der Waals surface area contributed by atoms with Crippen LogP contribution < -0.4 is 0 Å². The van der Waals surface area contributed by atoms with Crippen LogP contribution in [0.15, 0.2) is 93.4 Å². The van der Waals surface area contributed by atoms with E-state index >= 15 is 9.59 Å². The highest BCUT2D eigenvalue weighted by Crippen LogP contribution is 2.54. The third-order valence-electron chi connectivity index (χ3n) is 21.0. The molecular weight excluding hydrogens is 1350 g/mol. The fourth-order valence-corrected chi connectivity index (χ4v) is 24.3. The first-order valence-electron chi connectivity index (χ1n) is 39.7. The highest BCUT2D eigenvalue weighted by atomic mass is 32.2. The second-order valence-corrected chi connectivity index (χ2v) is 37.8. The smallest absolute Gasteiger partial charge is 0.261 e. The molecule has 0 radical (unpaired) electrons. The van der Waals surface area contributed by atoms with Gasteiger partial charge in [0.05, 0.1) is 32.3 Å². The Balaban J connectivity index is 0.973. The fourth-order valence-electron chi connectivity index (χ4n) is 15.3. The third-order valence-corrected chi connectivity index (χ3v) is 31.2. The molecule has 5 aromatic rings. The van der Waals surface area contributed by atoms with Gasteiger partial charge in [0.2, 0.25) is 0 Å². The quantitative estimate of drug-likeness (QED) is 0.0359. The molecule has 0 bridgehead atoms. The Labute approximate surface area is 626 Å². The average molecular weight is 1470 g/mol. The van der Waals surface area contributed by atoms with Crippen molar-refractivity contribution in [3.05, 3.63) is 108 Å². The lowest BCUT2D eigenvalue weighted by atomic mass is 9.93. The van der Waals surface area contributed by atoms with Crippen molar-refractivity contribution in [2.75, 3.05) is 18.8 Å². The van der Waals surface area contributed by atoms with Gasteiger partial charge in [-0.1, -0.05) is 283 Å². The zero-order chi connectivity index (χ0) is 67.9. The van der Waals surface area contributed by atoms with Gasteiger partial charge >= 0.3 is 0 Å². The van der Waals surface area contributed by atoms with E-state index in [-0.39, 0.29) is 11.8 Å². The van der Waals surface area contributed by atoms with Crippen LogP contribution in [0.1, 0.15) is 319 Å². The van der Waals surface area contributed by atoms with E-state index in [4.69, 9.17) is 9.97 Å². The van der Waals surface area contributed by atoms with E-state index in [1.54, 1.807) is 34.0 Å². The molecule has 98 heavy (non-hydrogen) atoms. The molecular formula is C84H120N4O2S8. The van der Waals surface area contributed by atoms with E-state index < -0.39 is 0 Å². The fraction of sp³-hybridized carbons (Fsp3) is 0.643. The maximum Gasteiger partial charge on any atom is 0.261 e. The second-order valence-electron chi connectivity index (χ2n) is 29.0. The zero-order valence-corrected chi connectivity index (χ0v) is 67.2. The number of hydrogen-bond donors (Lipinski definition) is 0. The van der Waals surface area contributed by atoms with Crippen molar-refractivity contribution in [1.29, 1.82) is 0 Å². The van der Waals surface area contributed by atoms with Crippen molar-refractivity contribution < 1.29 is 9.59 Å². The highest BCUT2D eigenvalue weighted by Gasteiger charge is 2.51. The van der Waals surface area contributed by atoms with Crippen LogP contribution >= 0.6 is 92.0 Å². The third kappa shape index (κ3) is 23.0. The van der Waals surface area contributed by atoms with Gasteiger partial charge < -0.3 is 9.80 Å². The molecule has 4 atom stereocenters. The number of hydrogen-bond acceptors (Lipinski definition) is 12. The maximum absolute atomic E-state index is 16.5. The van der Waals surface area contributed by atoms with E-state index in [0.29, 0.717) is 46.6 Å². The van der Waals surface area contributed by atoms with Crippen molar-refractivity contribution in [2.24, 2.45) is 11.8 Å². The molecule has 0 saturated heterocycles. The predicted octanol–water partition coefficient (Wildman–Crippen LogP) is 28.8. The molecule has 5 aliphatic heterocycles. The summed E-state index contributed by atoms with van der Waals surface area (Å²) in [6, 6.07) is 13.4. The zero-order valence-electron chi connectivity index (χ0n) is 60.6. The monoisotopic (exact) mass is 1470 g/mol. The lowest BCUT2D eigenvalue weighted by Crippen LogP contribution is -2.35. The lowest BCUT2D eigenvalue weighted by Gasteiger charge is -2.29. The summed E-state index contributed by atoms with van der Waals surface area (Å²) in [6.45, 7) is 10.5. The normalized spacial score (nSPS) is 17.8. The van der Waals surface area contributed by atoms with Gasteiger partial charge in [-0.2, -0.15) is 0 Å². The Hall–Kier alpha value is -2.95. The van der Waals surface area contributed by atoms with Crippen LogP contribution in [0.25, 0.3) is 45.6 Å². The van der Waals surface area contributed by atoms with Gasteiger partial charge in [-0.05, 0) is 92.5 Å². The molecule has 0 aliphatic carbocycles. The van der Waals surface area contributed by atoms with Crippen molar-refractivity contribution in [3.8, 4) is 29.3 Å². The van der Waals surface area contributed by atoms with Crippen LogP contribution in [0.4, 0.5) is 0 Å². The molecule has 536 valence electrons. The van der Waals surface area contributed by atoms with Crippen LogP contribution in [0.2, 0.25) is 0 Å². The minimum Gasteiger partial charge on any atom is -0.304 e. The van der Waals surface area contributed by atoms with Gasteiger partial charge in [-0.15, -0.1) is 92.0 Å². The highest BCUT2D eigenvalue weighted by molar-refractivity contribution is 8.12. The Morgan fingerprint density at radius 2 is 0.765 bits per heavy atom. The van der Waals surface area contributed by atoms with Gasteiger partial charge in [0.1, 0.15) is 10.0 Å². The minimum absolute atomic E-state index is 0.0167. The second kappa shape index (κ2) is 43.4. The van der Waals surface area contributed by atoms with Crippen LogP contribution in [0.5, 0.6) is 0 Å². The summed E-state index contributed by atoms with van der Waals surface area (Å²) in [5.74, 6) is 1.82. The van der Waals surface area contributed by atoms with Gasteiger partial charge in [0, 0.05) is 80.8 Å². The molecule has 4 unspecified atom stereocenters. The Morgan fingerprint density at radius 1 is 0.398 bits per heavy atom. The summed E-state index contributed by atoms with van der Waals surface area (Å²) in [5.41, 5.74) is 2.68. The first-order valence-corrected chi connectivity index (χ1v) is 46.6. The molecule has 10 heterocycles. The number of thioether (sulfide) groups is 3. The van der Waals surface area contributed by atoms with Crippen LogP contribution in [0, 0.1) is 11.8 Å². The Morgan fingerprint density at radius 3 is 1.16 bits per heavy atom. The van der Waals surface area contributed by atoms with Crippen molar-refractivity contribution in [1.82, 2.24) is 19.8 Å². The Bertz CT molecular complexity index is 3330. The number of fused-ring (bicyclic) bond motifs is 1. The van der Waals surface area contributed by atoms with E-state index in [2.05, 4.69) is 115 Å². The number of unbranched alkanes of at least 4 members (excludes halogenated alkanes) is 32. The molecule has 10 rings (SSSR count). The Kier molecular flexibility index (Phi) is 34.4. The molecule has 0 spiro atoms. The summed E-state index contributed by atoms with van der Waals surface area (Å²) in [5, 5.41) is 4.81. The van der Waals surface area contributed by atoms with Crippen LogP contribution in [0.3, 0.4) is 0 Å². The van der Waals surface area contributed by atoms with E-state index in [0.717, 1.165) is 69.7 Å². The summed E-state index contributed by atoms with van der Waals surface area (Å²) >= 11 is 15.0. The van der Waals surface area contributed by atoms with E-state index in [1.807, 2.05) is 52.4 Å². The number of carbonyl (C=O) groups is 2. The number of thiophene rings is 3. The molecule has 0 N–H and O–H groups in total. The molecule has 2 amide bonds. The number of allylic oxidation sites excluding steroid dienone is 3. The average Bonchev–Trinajstić information content (AvgIpc) is 1.55. The van der Waals surface area contributed by atoms with Gasteiger partial charge in [0.25, 0.3) is 11.8 Å². The first-order chi connectivity index (χ1) is 48.3. The van der Waals surface area contributed by atoms with Crippen molar-refractivity contribution >= 4 is 120 Å². The molecule has 0 aromatic carbocycles. The largest absolute Gasteiger partial charge is 0.304 e. The number of amides is 2. The summed E-state index contributed by atoms with van der Waals surface area (Å²) in [4.78, 5) is 60.8. The van der Waals surface area contributed by atoms with Crippen LogP contribution in [-0.2, 0) is 9.59 Å². The standard InChI is InChI=1S/C84H120N4O2S8/c1-5-9-13-17-21-25-27-31-35-39-45-63(43-37-33-29-23-19-15-11-7-3)61-87-79(81-85-59-75(97-81)73-55-53-71(95-73)69-51-49-67(93-69)65-47-41-57-91-65)77-78(83(87)89)80(82-86-60-76(98-82)74-56-54-72(96-74)70-52-50-68(94-70)66-48-42-58-92-66)88(84(77)90)62-64(44-38-34-30-24-20-16-12-8-4)46-40-36-32-28-26-22-18-14-10-6-2/h41,47-51,53,55-57,59-60,63-64,70,72H,5-40,42-46,52,54,58,61-62H2,1-4H3. The summed E-state index contributed by atoms with van der Waals surface area (Å²) in [7, 11) is 0. The first kappa shape index (κ1) is 77.7. The molecule has 5 aromatic heterocycles. The molecule has 0 saturated carbocycles. The molecule has 6 nitrogen and oxygen atoms in total. The summed E-state index contributed by atoms with van der Waals surface area (Å²) in [6.07, 6.45) is 66.1. The number of nitrogens with zero attached hydrogens (tertiary/aromatic N) is 4.